The van der Waals surface area contributed by atoms with Crippen LogP contribution in [0.25, 0.3) is 6.08 Å². The van der Waals surface area contributed by atoms with Gasteiger partial charge in [-0.15, -0.1) is 6.42 Å². The van der Waals surface area contributed by atoms with E-state index in [2.05, 4.69) is 5.92 Å². The first-order chi connectivity index (χ1) is 12.1. The van der Waals surface area contributed by atoms with Gasteiger partial charge in [-0.2, -0.15) is 0 Å². The molecule has 124 valence electrons. The van der Waals surface area contributed by atoms with Gasteiger partial charge in [0, 0.05) is 11.1 Å². The molecule has 0 bridgehead atoms. The molecule has 2 aromatic carbocycles. The average Bonchev–Trinajstić information content (AvgIpc) is 2.63. The number of aryl methyl sites for hydroxylation is 1. The number of hydrogen-bond donors (Lipinski definition) is 1. The van der Waals surface area contributed by atoms with Gasteiger partial charge >= 0.3 is 5.97 Å². The lowest BCUT2D eigenvalue weighted by Gasteiger charge is -2.18. The van der Waals surface area contributed by atoms with Crippen LogP contribution in [-0.2, 0) is 6.42 Å². The van der Waals surface area contributed by atoms with Crippen molar-refractivity contribution in [3.8, 4) is 18.1 Å². The number of benzene rings is 2. The van der Waals surface area contributed by atoms with E-state index in [1.165, 1.54) is 6.07 Å². The number of hydrogen-bond acceptors (Lipinski definition) is 3. The van der Waals surface area contributed by atoms with E-state index in [0.717, 1.165) is 11.1 Å². The smallest absolute Gasteiger partial charge is 0.335 e. The number of ketones is 1. The fraction of sp³-hybridized carbons (Fsp3) is 0.143. The molecule has 4 heteroatoms. The number of aromatic carboxylic acids is 1. The van der Waals surface area contributed by atoms with Crippen molar-refractivity contribution in [2.45, 2.75) is 12.8 Å². The SMILES string of the molecule is C#CCOc1ccc(/C=C2\CCc3cc(C(=O)O)ccc3C2=O)cc1. The van der Waals surface area contributed by atoms with E-state index in [4.69, 9.17) is 16.3 Å². The van der Waals surface area contributed by atoms with Gasteiger partial charge in [0.2, 0.25) is 0 Å². The summed E-state index contributed by atoms with van der Waals surface area (Å²) in [5, 5.41) is 9.06. The van der Waals surface area contributed by atoms with Gasteiger partial charge in [-0.1, -0.05) is 18.1 Å². The summed E-state index contributed by atoms with van der Waals surface area (Å²) in [6.45, 7) is 0.216. The standard InChI is InChI=1S/C21H16O4/c1-2-11-25-18-8-3-14(4-9-18)12-16-6-5-15-13-17(21(23)24)7-10-19(15)20(16)22/h1,3-4,7-10,12-13H,5-6,11H2,(H,23,24)/b16-12+. The maximum atomic E-state index is 12.6. The molecule has 2 aromatic rings. The number of carbonyl (C=O) groups is 2. The quantitative estimate of drug-likeness (QED) is 0.686. The summed E-state index contributed by atoms with van der Waals surface area (Å²) in [6, 6.07) is 12.0. The molecule has 1 N–H and O–H groups in total. The van der Waals surface area contributed by atoms with Crippen molar-refractivity contribution in [2.24, 2.45) is 0 Å². The van der Waals surface area contributed by atoms with E-state index in [0.29, 0.717) is 29.7 Å². The van der Waals surface area contributed by atoms with Crippen molar-refractivity contribution in [3.63, 3.8) is 0 Å². The Balaban J connectivity index is 1.82. The third-order valence-electron chi connectivity index (χ3n) is 4.10. The van der Waals surface area contributed by atoms with Crippen molar-refractivity contribution >= 4 is 17.8 Å². The lowest BCUT2D eigenvalue weighted by atomic mass is 9.85. The van der Waals surface area contributed by atoms with Crippen LogP contribution in [0, 0.1) is 12.3 Å². The molecular formula is C21H16O4. The Morgan fingerprint density at radius 1 is 1.20 bits per heavy atom. The maximum Gasteiger partial charge on any atom is 0.335 e. The lowest BCUT2D eigenvalue weighted by Crippen LogP contribution is -2.15. The Morgan fingerprint density at radius 2 is 1.96 bits per heavy atom. The number of fused-ring (bicyclic) bond motifs is 1. The lowest BCUT2D eigenvalue weighted by molar-refractivity contribution is 0.0696. The van der Waals surface area contributed by atoms with Gasteiger partial charge in [-0.25, -0.2) is 4.79 Å². The fourth-order valence-electron chi connectivity index (χ4n) is 2.84. The molecule has 3 rings (SSSR count). The Morgan fingerprint density at radius 3 is 2.64 bits per heavy atom. The Labute approximate surface area is 145 Å². The van der Waals surface area contributed by atoms with Gasteiger partial charge in [0.05, 0.1) is 5.56 Å². The molecule has 0 unspecified atom stereocenters. The highest BCUT2D eigenvalue weighted by molar-refractivity contribution is 6.13. The minimum absolute atomic E-state index is 0.0501. The molecule has 0 heterocycles. The molecular weight excluding hydrogens is 316 g/mol. The highest BCUT2D eigenvalue weighted by atomic mass is 16.5. The van der Waals surface area contributed by atoms with Crippen LogP contribution in [0.2, 0.25) is 0 Å². The number of carboxylic acid groups (broad SMARTS) is 1. The third-order valence-corrected chi connectivity index (χ3v) is 4.10. The fourth-order valence-corrected chi connectivity index (χ4v) is 2.84. The summed E-state index contributed by atoms with van der Waals surface area (Å²) >= 11 is 0. The van der Waals surface area contributed by atoms with E-state index in [-0.39, 0.29) is 18.0 Å². The van der Waals surface area contributed by atoms with Crippen molar-refractivity contribution in [3.05, 3.63) is 70.3 Å². The first kappa shape index (κ1) is 16.5. The number of carbonyl (C=O) groups excluding carboxylic acids is 1. The van der Waals surface area contributed by atoms with Gasteiger partial charge in [0.1, 0.15) is 12.4 Å². The van der Waals surface area contributed by atoms with Crippen LogP contribution in [0.4, 0.5) is 0 Å². The zero-order chi connectivity index (χ0) is 17.8. The zero-order valence-electron chi connectivity index (χ0n) is 13.5. The minimum atomic E-state index is -0.983. The van der Waals surface area contributed by atoms with Crippen molar-refractivity contribution in [2.75, 3.05) is 6.61 Å². The van der Waals surface area contributed by atoms with Gasteiger partial charge in [-0.3, -0.25) is 4.79 Å². The first-order valence-corrected chi connectivity index (χ1v) is 7.86. The number of allylic oxidation sites excluding steroid dienone is 1. The van der Waals surface area contributed by atoms with Gasteiger partial charge in [0.15, 0.2) is 5.78 Å². The molecule has 25 heavy (non-hydrogen) atoms. The second kappa shape index (κ2) is 7.06. The molecule has 0 saturated carbocycles. The monoisotopic (exact) mass is 332 g/mol. The van der Waals surface area contributed by atoms with Gasteiger partial charge in [0.25, 0.3) is 0 Å². The normalized spacial score (nSPS) is 14.7. The Hall–Kier alpha value is -3.32. The topological polar surface area (TPSA) is 63.6 Å². The molecule has 0 radical (unpaired) electrons. The predicted octanol–water partition coefficient (Wildman–Crippen LogP) is 3.61. The summed E-state index contributed by atoms with van der Waals surface area (Å²) in [4.78, 5) is 23.7. The molecule has 0 atom stereocenters. The second-order valence-corrected chi connectivity index (χ2v) is 5.74. The van der Waals surface area contributed by atoms with Crippen molar-refractivity contribution < 1.29 is 19.4 Å². The van der Waals surface area contributed by atoms with Crippen molar-refractivity contribution in [1.29, 1.82) is 0 Å². The van der Waals surface area contributed by atoms with Crippen LogP contribution in [0.3, 0.4) is 0 Å². The molecule has 0 fully saturated rings. The van der Waals surface area contributed by atoms with E-state index < -0.39 is 5.97 Å². The molecule has 0 saturated heterocycles. The number of ether oxygens (including phenoxy) is 1. The number of Topliss-reactive ketones (excluding diaryl/α,β-unsaturated/α-hetero) is 1. The Kier molecular flexibility index (Phi) is 4.67. The maximum absolute atomic E-state index is 12.6. The van der Waals surface area contributed by atoms with E-state index in [9.17, 15) is 9.59 Å². The highest BCUT2D eigenvalue weighted by Gasteiger charge is 2.22. The van der Waals surface area contributed by atoms with Gasteiger partial charge < -0.3 is 9.84 Å². The van der Waals surface area contributed by atoms with Crippen LogP contribution in [0.15, 0.2) is 48.0 Å². The van der Waals surface area contributed by atoms with E-state index in [1.807, 2.05) is 30.3 Å². The van der Waals surface area contributed by atoms with Crippen LogP contribution in [0.5, 0.6) is 5.75 Å². The minimum Gasteiger partial charge on any atom is -0.481 e. The molecule has 1 aliphatic carbocycles. The summed E-state index contributed by atoms with van der Waals surface area (Å²) in [7, 11) is 0. The molecule has 0 amide bonds. The number of terminal acetylenes is 1. The summed E-state index contributed by atoms with van der Waals surface area (Å²) in [5.74, 6) is 2.06. The highest BCUT2D eigenvalue weighted by Crippen LogP contribution is 2.28. The first-order valence-electron chi connectivity index (χ1n) is 7.86. The molecule has 0 aliphatic heterocycles. The van der Waals surface area contributed by atoms with E-state index in [1.54, 1.807) is 12.1 Å². The summed E-state index contributed by atoms with van der Waals surface area (Å²) < 4.78 is 5.33. The predicted molar refractivity (Wildman–Crippen MR) is 94.8 cm³/mol. The van der Waals surface area contributed by atoms with Crippen LogP contribution < -0.4 is 4.74 Å². The summed E-state index contributed by atoms with van der Waals surface area (Å²) in [5.41, 5.74) is 3.20. The summed E-state index contributed by atoms with van der Waals surface area (Å²) in [6.07, 6.45) is 8.26. The van der Waals surface area contributed by atoms with Crippen LogP contribution in [0.1, 0.15) is 38.3 Å². The second-order valence-electron chi connectivity index (χ2n) is 5.74. The van der Waals surface area contributed by atoms with Gasteiger partial charge in [-0.05, 0) is 60.4 Å². The molecule has 1 aliphatic rings. The van der Waals surface area contributed by atoms with Crippen LogP contribution in [-0.4, -0.2) is 23.5 Å². The average molecular weight is 332 g/mol. The largest absolute Gasteiger partial charge is 0.481 e. The molecule has 4 nitrogen and oxygen atoms in total. The van der Waals surface area contributed by atoms with Crippen molar-refractivity contribution in [1.82, 2.24) is 0 Å². The number of rotatable bonds is 4. The van der Waals surface area contributed by atoms with Crippen LogP contribution >= 0.6 is 0 Å². The zero-order valence-corrected chi connectivity index (χ0v) is 13.5. The third kappa shape index (κ3) is 3.61. The molecule has 0 aromatic heterocycles. The Bertz CT molecular complexity index is 898. The van der Waals surface area contributed by atoms with E-state index >= 15 is 0 Å². The number of carboxylic acids is 1. The molecule has 0 spiro atoms.